The van der Waals surface area contributed by atoms with E-state index >= 15 is 0 Å². The van der Waals surface area contributed by atoms with Crippen LogP contribution in [0.4, 0.5) is 5.82 Å². The summed E-state index contributed by atoms with van der Waals surface area (Å²) in [7, 11) is 1.70. The highest BCUT2D eigenvalue weighted by molar-refractivity contribution is 7.22. The SMILES string of the molecule is CCC(N)COCc1cc(-c2cc3cc(C)cc(OC)c3s2)c2c(N)ncnn12. The molecule has 1 unspecified atom stereocenters. The van der Waals surface area contributed by atoms with Gasteiger partial charge in [0.05, 0.1) is 30.7 Å². The van der Waals surface area contributed by atoms with Crippen LogP contribution in [-0.4, -0.2) is 34.4 Å². The number of nitrogens with two attached hydrogens (primary N) is 2. The van der Waals surface area contributed by atoms with Gasteiger partial charge >= 0.3 is 0 Å². The van der Waals surface area contributed by atoms with Gasteiger partial charge in [0, 0.05) is 16.5 Å². The van der Waals surface area contributed by atoms with E-state index in [1.807, 2.05) is 17.5 Å². The highest BCUT2D eigenvalue weighted by Gasteiger charge is 2.18. The lowest BCUT2D eigenvalue weighted by atomic mass is 10.1. The molecule has 0 aliphatic rings. The molecular weight excluding hydrogens is 386 g/mol. The molecule has 7 nitrogen and oxygen atoms in total. The van der Waals surface area contributed by atoms with Crippen molar-refractivity contribution in [3.63, 3.8) is 0 Å². The van der Waals surface area contributed by atoms with E-state index in [1.165, 1.54) is 6.33 Å². The Morgan fingerprint density at radius 1 is 1.24 bits per heavy atom. The van der Waals surface area contributed by atoms with Crippen LogP contribution >= 0.6 is 11.3 Å². The zero-order chi connectivity index (χ0) is 20.5. The standard InChI is InChI=1S/C21H25N5O2S/c1-4-14(22)9-28-10-15-8-16(19-21(23)24-11-25-26(15)19)18-7-13-5-12(2)6-17(27-3)20(13)29-18/h5-8,11,14H,4,9-10,22H2,1-3H3,(H2,23,24,25). The molecule has 3 aromatic heterocycles. The molecule has 0 radical (unpaired) electrons. The molecular formula is C21H25N5O2S. The highest BCUT2D eigenvalue weighted by Crippen LogP contribution is 2.42. The van der Waals surface area contributed by atoms with Crippen molar-refractivity contribution in [2.75, 3.05) is 19.5 Å². The highest BCUT2D eigenvalue weighted by atomic mass is 32.1. The minimum atomic E-state index is 0.0266. The number of ether oxygens (including phenoxy) is 2. The fraction of sp³-hybridized carbons (Fsp3) is 0.333. The number of aromatic nitrogens is 3. The number of aryl methyl sites for hydroxylation is 1. The largest absolute Gasteiger partial charge is 0.495 e. The summed E-state index contributed by atoms with van der Waals surface area (Å²) in [6.07, 6.45) is 2.34. The molecule has 0 aliphatic carbocycles. The maximum absolute atomic E-state index is 6.23. The summed E-state index contributed by atoms with van der Waals surface area (Å²) in [5.41, 5.74) is 16.0. The Labute approximate surface area is 173 Å². The van der Waals surface area contributed by atoms with Gasteiger partial charge in [0.1, 0.15) is 17.6 Å². The maximum Gasteiger partial charge on any atom is 0.152 e. The van der Waals surface area contributed by atoms with Gasteiger partial charge in [-0.1, -0.05) is 13.0 Å². The van der Waals surface area contributed by atoms with Crippen LogP contribution in [0, 0.1) is 6.92 Å². The van der Waals surface area contributed by atoms with Gasteiger partial charge in [-0.2, -0.15) is 5.10 Å². The summed E-state index contributed by atoms with van der Waals surface area (Å²) in [6.45, 7) is 5.01. The van der Waals surface area contributed by atoms with E-state index in [2.05, 4.69) is 35.2 Å². The van der Waals surface area contributed by atoms with Gasteiger partial charge in [-0.05, 0) is 42.5 Å². The molecule has 3 heterocycles. The third kappa shape index (κ3) is 3.66. The van der Waals surface area contributed by atoms with Gasteiger partial charge in [-0.3, -0.25) is 0 Å². The van der Waals surface area contributed by atoms with E-state index in [-0.39, 0.29) is 6.04 Å². The van der Waals surface area contributed by atoms with E-state index < -0.39 is 0 Å². The van der Waals surface area contributed by atoms with E-state index in [4.69, 9.17) is 20.9 Å². The first-order chi connectivity index (χ1) is 14.0. The van der Waals surface area contributed by atoms with Gasteiger partial charge < -0.3 is 20.9 Å². The van der Waals surface area contributed by atoms with Gasteiger partial charge in [0.2, 0.25) is 0 Å². The van der Waals surface area contributed by atoms with Gasteiger partial charge in [-0.15, -0.1) is 11.3 Å². The number of fused-ring (bicyclic) bond motifs is 2. The second kappa shape index (κ2) is 7.98. The zero-order valence-corrected chi connectivity index (χ0v) is 17.6. The summed E-state index contributed by atoms with van der Waals surface area (Å²) >= 11 is 1.67. The maximum atomic E-state index is 6.23. The Bertz CT molecular complexity index is 1170. The molecule has 152 valence electrons. The second-order valence-electron chi connectivity index (χ2n) is 7.13. The first-order valence-corrected chi connectivity index (χ1v) is 10.4. The molecule has 1 aromatic carbocycles. The summed E-state index contributed by atoms with van der Waals surface area (Å²) < 4.78 is 14.3. The van der Waals surface area contributed by atoms with Crippen LogP contribution in [0.3, 0.4) is 0 Å². The third-order valence-corrected chi connectivity index (χ3v) is 6.17. The van der Waals surface area contributed by atoms with Gasteiger partial charge in [0.25, 0.3) is 0 Å². The average Bonchev–Trinajstić information content (AvgIpc) is 3.29. The lowest BCUT2D eigenvalue weighted by molar-refractivity contribution is 0.103. The number of rotatable bonds is 7. The Morgan fingerprint density at radius 2 is 2.07 bits per heavy atom. The Morgan fingerprint density at radius 3 is 2.83 bits per heavy atom. The Kier molecular flexibility index (Phi) is 5.40. The molecule has 1 atom stereocenters. The molecule has 0 saturated carbocycles. The van der Waals surface area contributed by atoms with Gasteiger partial charge in [-0.25, -0.2) is 9.50 Å². The summed E-state index contributed by atoms with van der Waals surface area (Å²) in [6, 6.07) is 8.47. The van der Waals surface area contributed by atoms with Crippen molar-refractivity contribution >= 4 is 32.8 Å². The van der Waals surface area contributed by atoms with Crippen LogP contribution in [0.2, 0.25) is 0 Å². The molecule has 8 heteroatoms. The Hall–Kier alpha value is -2.68. The summed E-state index contributed by atoms with van der Waals surface area (Å²) in [5.74, 6) is 1.31. The smallest absolute Gasteiger partial charge is 0.152 e. The van der Waals surface area contributed by atoms with Crippen molar-refractivity contribution in [1.82, 2.24) is 14.6 Å². The van der Waals surface area contributed by atoms with Gasteiger partial charge in [0.15, 0.2) is 5.82 Å². The molecule has 0 aliphatic heterocycles. The number of methoxy groups -OCH3 is 1. The number of nitrogen functional groups attached to an aromatic ring is 1. The van der Waals surface area contributed by atoms with Crippen molar-refractivity contribution in [3.8, 4) is 16.2 Å². The normalized spacial score (nSPS) is 12.7. The van der Waals surface area contributed by atoms with Crippen molar-refractivity contribution in [3.05, 3.63) is 41.9 Å². The predicted octanol–water partition coefficient (Wildman–Crippen LogP) is 3.76. The molecule has 0 amide bonds. The molecule has 4 rings (SSSR count). The number of benzene rings is 1. The quantitative estimate of drug-likeness (QED) is 0.480. The van der Waals surface area contributed by atoms with Crippen LogP contribution in [0.5, 0.6) is 5.75 Å². The van der Waals surface area contributed by atoms with Crippen LogP contribution < -0.4 is 16.2 Å². The van der Waals surface area contributed by atoms with Crippen molar-refractivity contribution in [2.24, 2.45) is 5.73 Å². The van der Waals surface area contributed by atoms with Crippen LogP contribution in [0.15, 0.2) is 30.6 Å². The first kappa shape index (κ1) is 19.6. The number of thiophene rings is 1. The third-order valence-electron chi connectivity index (χ3n) is 4.97. The average molecular weight is 412 g/mol. The molecule has 0 spiro atoms. The van der Waals surface area contributed by atoms with Crippen LogP contribution in [0.25, 0.3) is 26.0 Å². The molecule has 4 N–H and O–H groups in total. The molecule has 0 bridgehead atoms. The predicted molar refractivity (Wildman–Crippen MR) is 117 cm³/mol. The number of hydrogen-bond acceptors (Lipinski definition) is 7. The topological polar surface area (TPSA) is 101 Å². The number of hydrogen-bond donors (Lipinski definition) is 2. The summed E-state index contributed by atoms with van der Waals surface area (Å²) in [4.78, 5) is 5.28. The van der Waals surface area contributed by atoms with Crippen LogP contribution in [-0.2, 0) is 11.3 Å². The minimum absolute atomic E-state index is 0.0266. The fourth-order valence-electron chi connectivity index (χ4n) is 3.40. The molecule has 0 saturated heterocycles. The lowest BCUT2D eigenvalue weighted by Crippen LogP contribution is -2.25. The number of anilines is 1. The first-order valence-electron chi connectivity index (χ1n) is 9.54. The summed E-state index contributed by atoms with van der Waals surface area (Å²) in [5, 5.41) is 5.54. The van der Waals surface area contributed by atoms with Crippen molar-refractivity contribution in [1.29, 1.82) is 0 Å². The number of nitrogens with zero attached hydrogens (tertiary/aromatic N) is 3. The monoisotopic (exact) mass is 411 g/mol. The Balaban J connectivity index is 1.80. The minimum Gasteiger partial charge on any atom is -0.495 e. The molecule has 29 heavy (non-hydrogen) atoms. The fourth-order valence-corrected chi connectivity index (χ4v) is 4.55. The second-order valence-corrected chi connectivity index (χ2v) is 8.19. The van der Waals surface area contributed by atoms with Crippen molar-refractivity contribution < 1.29 is 9.47 Å². The van der Waals surface area contributed by atoms with E-state index in [0.717, 1.165) is 49.5 Å². The zero-order valence-electron chi connectivity index (χ0n) is 16.8. The van der Waals surface area contributed by atoms with E-state index in [1.54, 1.807) is 18.4 Å². The molecule has 4 aromatic rings. The van der Waals surface area contributed by atoms with E-state index in [9.17, 15) is 0 Å². The molecule has 0 fully saturated rings. The lowest BCUT2D eigenvalue weighted by Gasteiger charge is -2.09. The van der Waals surface area contributed by atoms with E-state index in [0.29, 0.717) is 19.0 Å². The van der Waals surface area contributed by atoms with Crippen LogP contribution in [0.1, 0.15) is 24.6 Å². The van der Waals surface area contributed by atoms with Crippen molar-refractivity contribution in [2.45, 2.75) is 32.9 Å².